The molecule has 82 valence electrons. The molecule has 0 saturated heterocycles. The summed E-state index contributed by atoms with van der Waals surface area (Å²) in [4.78, 5) is 0. The zero-order valence-corrected chi connectivity index (χ0v) is 8.95. The first-order valence-corrected chi connectivity index (χ1v) is 5.31. The van der Waals surface area contributed by atoms with Gasteiger partial charge in [0, 0.05) is 6.61 Å². The van der Waals surface area contributed by atoms with Gasteiger partial charge in [-0.15, -0.1) is 0 Å². The summed E-state index contributed by atoms with van der Waals surface area (Å²) < 4.78 is 11.1. The van der Waals surface area contributed by atoms with Gasteiger partial charge < -0.3 is 14.6 Å². The number of benzene rings is 1. The van der Waals surface area contributed by atoms with Crippen molar-refractivity contribution in [1.29, 1.82) is 0 Å². The van der Waals surface area contributed by atoms with E-state index in [-0.39, 0.29) is 6.61 Å². The summed E-state index contributed by atoms with van der Waals surface area (Å²) in [7, 11) is 0. The smallest absolute Gasteiger partial charge is 0.164 e. The summed E-state index contributed by atoms with van der Waals surface area (Å²) in [6.45, 7) is 3.50. The summed E-state index contributed by atoms with van der Waals surface area (Å²) in [5.41, 5.74) is 2.31. The Labute approximate surface area is 89.6 Å². The lowest BCUT2D eigenvalue weighted by atomic mass is 10.1. The third kappa shape index (κ3) is 2.23. The molecule has 0 aromatic heterocycles. The van der Waals surface area contributed by atoms with Gasteiger partial charge in [0.25, 0.3) is 0 Å². The van der Waals surface area contributed by atoms with Crippen molar-refractivity contribution in [3.05, 3.63) is 23.3 Å². The molecule has 3 heteroatoms. The van der Waals surface area contributed by atoms with Gasteiger partial charge in [0.15, 0.2) is 11.5 Å². The first kappa shape index (κ1) is 10.3. The van der Waals surface area contributed by atoms with E-state index in [9.17, 15) is 0 Å². The highest BCUT2D eigenvalue weighted by Gasteiger charge is 2.14. The minimum atomic E-state index is 0.230. The molecule has 0 aliphatic carbocycles. The zero-order chi connectivity index (χ0) is 10.7. The maximum Gasteiger partial charge on any atom is 0.164 e. The predicted molar refractivity (Wildman–Crippen MR) is 57.6 cm³/mol. The van der Waals surface area contributed by atoms with E-state index in [0.29, 0.717) is 13.2 Å². The molecule has 1 aliphatic rings. The average Bonchev–Trinajstić information content (AvgIpc) is 2.26. The number of hydrogen-bond acceptors (Lipinski definition) is 3. The third-order valence-electron chi connectivity index (χ3n) is 2.51. The van der Waals surface area contributed by atoms with Crippen molar-refractivity contribution in [3.63, 3.8) is 0 Å². The van der Waals surface area contributed by atoms with Crippen LogP contribution in [-0.4, -0.2) is 24.9 Å². The number of ether oxygens (including phenoxy) is 2. The number of aliphatic hydroxyl groups is 1. The van der Waals surface area contributed by atoms with Gasteiger partial charge in [0.05, 0.1) is 0 Å². The molecule has 0 bridgehead atoms. The van der Waals surface area contributed by atoms with Gasteiger partial charge in [-0.3, -0.25) is 0 Å². The number of aryl methyl sites for hydroxylation is 2. The molecule has 0 fully saturated rings. The molecule has 1 aliphatic heterocycles. The Bertz CT molecular complexity index is 347. The van der Waals surface area contributed by atoms with Crippen LogP contribution in [0.5, 0.6) is 11.5 Å². The van der Waals surface area contributed by atoms with Gasteiger partial charge in [-0.1, -0.05) is 6.07 Å². The normalized spacial score (nSPS) is 14.0. The Morgan fingerprint density at radius 3 is 2.87 bits per heavy atom. The van der Waals surface area contributed by atoms with E-state index >= 15 is 0 Å². The fourth-order valence-corrected chi connectivity index (χ4v) is 1.83. The molecule has 1 heterocycles. The van der Waals surface area contributed by atoms with Crippen molar-refractivity contribution in [2.75, 3.05) is 19.8 Å². The molecule has 2 rings (SSSR count). The second kappa shape index (κ2) is 4.53. The lowest BCUT2D eigenvalue weighted by Gasteiger charge is -2.21. The molecule has 0 unspecified atom stereocenters. The summed E-state index contributed by atoms with van der Waals surface area (Å²) in [6, 6.07) is 4.11. The van der Waals surface area contributed by atoms with Crippen molar-refractivity contribution in [3.8, 4) is 11.5 Å². The zero-order valence-electron chi connectivity index (χ0n) is 8.95. The molecule has 1 N–H and O–H groups in total. The minimum Gasteiger partial charge on any atom is -0.486 e. The van der Waals surface area contributed by atoms with Crippen molar-refractivity contribution >= 4 is 0 Å². The van der Waals surface area contributed by atoms with Crippen LogP contribution in [0.3, 0.4) is 0 Å². The minimum absolute atomic E-state index is 0.230. The highest BCUT2D eigenvalue weighted by molar-refractivity contribution is 5.49. The Morgan fingerprint density at radius 2 is 2.07 bits per heavy atom. The Kier molecular flexibility index (Phi) is 3.11. The monoisotopic (exact) mass is 208 g/mol. The van der Waals surface area contributed by atoms with Crippen LogP contribution in [0.15, 0.2) is 12.1 Å². The van der Waals surface area contributed by atoms with Crippen LogP contribution >= 0.6 is 0 Å². The summed E-state index contributed by atoms with van der Waals surface area (Å²) in [5, 5.41) is 8.78. The van der Waals surface area contributed by atoms with E-state index in [4.69, 9.17) is 14.6 Å². The highest BCUT2D eigenvalue weighted by atomic mass is 16.6. The van der Waals surface area contributed by atoms with Crippen molar-refractivity contribution in [2.24, 2.45) is 0 Å². The molecular formula is C12H16O3. The number of fused-ring (bicyclic) bond motifs is 1. The van der Waals surface area contributed by atoms with E-state index in [1.165, 1.54) is 5.56 Å². The van der Waals surface area contributed by atoms with Gasteiger partial charge in [0.1, 0.15) is 13.2 Å². The fourth-order valence-electron chi connectivity index (χ4n) is 1.83. The van der Waals surface area contributed by atoms with Crippen LogP contribution in [0.1, 0.15) is 17.5 Å². The van der Waals surface area contributed by atoms with Gasteiger partial charge >= 0.3 is 0 Å². The number of rotatable bonds is 3. The Balaban J connectivity index is 2.24. The first-order valence-electron chi connectivity index (χ1n) is 5.31. The first-order chi connectivity index (χ1) is 7.31. The highest BCUT2D eigenvalue weighted by Crippen LogP contribution is 2.34. The Morgan fingerprint density at radius 1 is 1.27 bits per heavy atom. The van der Waals surface area contributed by atoms with Crippen molar-refractivity contribution < 1.29 is 14.6 Å². The molecule has 15 heavy (non-hydrogen) atoms. The van der Waals surface area contributed by atoms with Gasteiger partial charge in [-0.25, -0.2) is 0 Å². The molecule has 0 amide bonds. The molecule has 1 aromatic carbocycles. The molecule has 0 saturated carbocycles. The van der Waals surface area contributed by atoms with Gasteiger partial charge in [-0.2, -0.15) is 0 Å². The topological polar surface area (TPSA) is 38.7 Å². The molecule has 0 atom stereocenters. The van der Waals surface area contributed by atoms with E-state index < -0.39 is 0 Å². The fraction of sp³-hybridized carbons (Fsp3) is 0.500. The van der Waals surface area contributed by atoms with Gasteiger partial charge in [-0.05, 0) is 37.0 Å². The van der Waals surface area contributed by atoms with E-state index in [1.54, 1.807) is 0 Å². The molecule has 1 aromatic rings. The largest absolute Gasteiger partial charge is 0.486 e. The van der Waals surface area contributed by atoms with Crippen LogP contribution in [0, 0.1) is 6.92 Å². The van der Waals surface area contributed by atoms with Crippen LogP contribution in [0.25, 0.3) is 0 Å². The summed E-state index contributed by atoms with van der Waals surface area (Å²) in [6.07, 6.45) is 1.67. The molecular weight excluding hydrogens is 192 g/mol. The Hall–Kier alpha value is -1.22. The number of aliphatic hydroxyl groups excluding tert-OH is 1. The van der Waals surface area contributed by atoms with Crippen molar-refractivity contribution in [2.45, 2.75) is 19.8 Å². The molecule has 3 nitrogen and oxygen atoms in total. The second-order valence-corrected chi connectivity index (χ2v) is 3.76. The summed E-state index contributed by atoms with van der Waals surface area (Å²) in [5.74, 6) is 1.71. The van der Waals surface area contributed by atoms with Crippen LogP contribution in [0.2, 0.25) is 0 Å². The molecule has 0 radical (unpaired) electrons. The second-order valence-electron chi connectivity index (χ2n) is 3.76. The lowest BCUT2D eigenvalue weighted by Crippen LogP contribution is -2.16. The summed E-state index contributed by atoms with van der Waals surface area (Å²) >= 11 is 0. The van der Waals surface area contributed by atoms with E-state index in [2.05, 4.69) is 6.07 Å². The lowest BCUT2D eigenvalue weighted by molar-refractivity contribution is 0.170. The predicted octanol–water partition coefficient (Wildman–Crippen LogP) is 1.69. The molecule has 0 spiro atoms. The quantitative estimate of drug-likeness (QED) is 0.821. The van der Waals surface area contributed by atoms with E-state index in [1.807, 2.05) is 13.0 Å². The SMILES string of the molecule is Cc1cc(CCCO)cc2c1OCCO2. The van der Waals surface area contributed by atoms with Crippen molar-refractivity contribution in [1.82, 2.24) is 0 Å². The van der Waals surface area contributed by atoms with Crippen LogP contribution in [-0.2, 0) is 6.42 Å². The maximum atomic E-state index is 8.78. The third-order valence-corrected chi connectivity index (χ3v) is 2.51. The van der Waals surface area contributed by atoms with Crippen LogP contribution < -0.4 is 9.47 Å². The maximum absolute atomic E-state index is 8.78. The van der Waals surface area contributed by atoms with Crippen LogP contribution in [0.4, 0.5) is 0 Å². The number of hydrogen-bond donors (Lipinski definition) is 1. The standard InChI is InChI=1S/C12H16O3/c1-9-7-10(3-2-4-13)8-11-12(9)15-6-5-14-11/h7-8,13H,2-6H2,1H3. The average molecular weight is 208 g/mol. The van der Waals surface area contributed by atoms with E-state index in [0.717, 1.165) is 29.9 Å². The van der Waals surface area contributed by atoms with Gasteiger partial charge in [0.2, 0.25) is 0 Å².